The Hall–Kier alpha value is -1.28. The largest absolute Gasteiger partial charge is 0.506 e. The summed E-state index contributed by atoms with van der Waals surface area (Å²) in [7, 11) is 0. The Balaban J connectivity index is 2.14. The highest BCUT2D eigenvalue weighted by atomic mass is 35.5. The maximum Gasteiger partial charge on any atom is 0.137 e. The van der Waals surface area contributed by atoms with Crippen molar-refractivity contribution >= 4 is 22.5 Å². The standard InChI is InChI=1S/C13H12ClNO/c14-10-3-1-2-9-7-12(16)11(15-13(9)10)6-8-4-5-8/h1-3,7-8,16H,4-6H2. The first-order valence-electron chi connectivity index (χ1n) is 5.51. The monoisotopic (exact) mass is 233 g/mol. The number of rotatable bonds is 2. The van der Waals surface area contributed by atoms with Crippen LogP contribution in [-0.2, 0) is 6.42 Å². The third-order valence-electron chi connectivity index (χ3n) is 3.03. The molecule has 0 saturated heterocycles. The van der Waals surface area contributed by atoms with Gasteiger partial charge in [-0.2, -0.15) is 0 Å². The maximum absolute atomic E-state index is 9.87. The normalized spacial score (nSPS) is 15.6. The fraction of sp³-hybridized carbons (Fsp3) is 0.308. The number of pyridine rings is 1. The first-order chi connectivity index (χ1) is 7.74. The molecule has 0 radical (unpaired) electrons. The van der Waals surface area contributed by atoms with Gasteiger partial charge >= 0.3 is 0 Å². The minimum atomic E-state index is 0.293. The Labute approximate surface area is 98.9 Å². The van der Waals surface area contributed by atoms with Crippen molar-refractivity contribution in [3.63, 3.8) is 0 Å². The van der Waals surface area contributed by atoms with E-state index in [9.17, 15) is 5.11 Å². The van der Waals surface area contributed by atoms with E-state index in [0.717, 1.165) is 23.0 Å². The van der Waals surface area contributed by atoms with Crippen LogP contribution in [-0.4, -0.2) is 10.1 Å². The second-order valence-corrected chi connectivity index (χ2v) is 4.82. The van der Waals surface area contributed by atoms with Crippen LogP contribution in [0.15, 0.2) is 24.3 Å². The molecular formula is C13H12ClNO. The number of nitrogens with zero attached hydrogens (tertiary/aromatic N) is 1. The lowest BCUT2D eigenvalue weighted by atomic mass is 10.1. The molecule has 3 rings (SSSR count). The molecule has 1 aromatic carbocycles. The van der Waals surface area contributed by atoms with Gasteiger partial charge in [0.15, 0.2) is 0 Å². The lowest BCUT2D eigenvalue weighted by Gasteiger charge is -2.06. The Bertz CT molecular complexity index is 549. The third-order valence-corrected chi connectivity index (χ3v) is 3.34. The van der Waals surface area contributed by atoms with Gasteiger partial charge in [0.1, 0.15) is 5.75 Å². The van der Waals surface area contributed by atoms with Gasteiger partial charge in [0.2, 0.25) is 0 Å². The molecule has 2 aromatic rings. The van der Waals surface area contributed by atoms with E-state index in [0.29, 0.717) is 16.7 Å². The molecule has 1 saturated carbocycles. The van der Waals surface area contributed by atoms with Gasteiger partial charge in [0.05, 0.1) is 16.2 Å². The van der Waals surface area contributed by atoms with Crippen LogP contribution >= 0.6 is 11.6 Å². The fourth-order valence-electron chi connectivity index (χ4n) is 1.93. The summed E-state index contributed by atoms with van der Waals surface area (Å²) in [5.74, 6) is 1.00. The molecule has 0 atom stereocenters. The van der Waals surface area contributed by atoms with Gasteiger partial charge in [-0.15, -0.1) is 0 Å². The lowest BCUT2D eigenvalue weighted by Crippen LogP contribution is -1.94. The zero-order valence-corrected chi connectivity index (χ0v) is 9.54. The summed E-state index contributed by atoms with van der Waals surface area (Å²) in [5.41, 5.74) is 1.57. The summed E-state index contributed by atoms with van der Waals surface area (Å²) in [6, 6.07) is 7.36. The number of halogens is 1. The van der Waals surface area contributed by atoms with Crippen molar-refractivity contribution in [3.8, 4) is 5.75 Å². The van der Waals surface area contributed by atoms with Crippen LogP contribution in [0.25, 0.3) is 10.9 Å². The highest BCUT2D eigenvalue weighted by Gasteiger charge is 2.23. The summed E-state index contributed by atoms with van der Waals surface area (Å²) in [4.78, 5) is 4.47. The van der Waals surface area contributed by atoms with Crippen LogP contribution in [0.2, 0.25) is 5.02 Å². The topological polar surface area (TPSA) is 33.1 Å². The molecule has 0 aliphatic heterocycles. The van der Waals surface area contributed by atoms with Gasteiger partial charge in [-0.25, -0.2) is 4.98 Å². The first kappa shape index (κ1) is 9.91. The van der Waals surface area contributed by atoms with Crippen LogP contribution in [0.5, 0.6) is 5.75 Å². The predicted molar refractivity (Wildman–Crippen MR) is 64.8 cm³/mol. The Morgan fingerprint density at radius 1 is 1.38 bits per heavy atom. The molecule has 82 valence electrons. The van der Waals surface area contributed by atoms with E-state index in [4.69, 9.17) is 11.6 Å². The number of aromatic nitrogens is 1. The molecule has 0 unspecified atom stereocenters. The number of para-hydroxylation sites is 1. The smallest absolute Gasteiger partial charge is 0.137 e. The molecule has 3 heteroatoms. The van der Waals surface area contributed by atoms with Crippen molar-refractivity contribution in [1.29, 1.82) is 0 Å². The van der Waals surface area contributed by atoms with Crippen molar-refractivity contribution in [2.75, 3.05) is 0 Å². The summed E-state index contributed by atoms with van der Waals surface area (Å²) in [6.45, 7) is 0. The highest BCUT2D eigenvalue weighted by Crippen LogP contribution is 2.35. The van der Waals surface area contributed by atoms with Crippen LogP contribution < -0.4 is 0 Å². The van der Waals surface area contributed by atoms with Gasteiger partial charge < -0.3 is 5.11 Å². The Kier molecular flexibility index (Phi) is 2.25. The Morgan fingerprint density at radius 3 is 2.94 bits per heavy atom. The molecule has 2 nitrogen and oxygen atoms in total. The molecule has 1 aromatic heterocycles. The molecule has 1 heterocycles. The predicted octanol–water partition coefficient (Wildman–Crippen LogP) is 3.55. The minimum absolute atomic E-state index is 0.293. The maximum atomic E-state index is 9.87. The number of hydrogen-bond acceptors (Lipinski definition) is 2. The van der Waals surface area contributed by atoms with E-state index in [1.165, 1.54) is 12.8 Å². The Morgan fingerprint density at radius 2 is 2.19 bits per heavy atom. The van der Waals surface area contributed by atoms with E-state index in [2.05, 4.69) is 4.98 Å². The zero-order chi connectivity index (χ0) is 11.1. The highest BCUT2D eigenvalue weighted by molar-refractivity contribution is 6.35. The molecule has 1 N–H and O–H groups in total. The summed E-state index contributed by atoms with van der Waals surface area (Å²) < 4.78 is 0. The van der Waals surface area contributed by atoms with E-state index in [1.807, 2.05) is 18.2 Å². The summed E-state index contributed by atoms with van der Waals surface area (Å²) in [6.07, 6.45) is 3.37. The summed E-state index contributed by atoms with van der Waals surface area (Å²) >= 11 is 6.09. The zero-order valence-electron chi connectivity index (χ0n) is 8.78. The van der Waals surface area contributed by atoms with E-state index in [-0.39, 0.29) is 0 Å². The first-order valence-corrected chi connectivity index (χ1v) is 5.89. The third kappa shape index (κ3) is 1.74. The quantitative estimate of drug-likeness (QED) is 0.861. The molecule has 0 bridgehead atoms. The van der Waals surface area contributed by atoms with Gasteiger partial charge in [-0.05, 0) is 37.3 Å². The van der Waals surface area contributed by atoms with Crippen LogP contribution in [0.3, 0.4) is 0 Å². The second kappa shape index (κ2) is 3.63. The number of benzene rings is 1. The number of fused-ring (bicyclic) bond motifs is 1. The molecular weight excluding hydrogens is 222 g/mol. The van der Waals surface area contributed by atoms with Crippen molar-refractivity contribution in [2.24, 2.45) is 5.92 Å². The van der Waals surface area contributed by atoms with Crippen molar-refractivity contribution in [3.05, 3.63) is 35.0 Å². The second-order valence-electron chi connectivity index (χ2n) is 4.41. The average molecular weight is 234 g/mol. The van der Waals surface area contributed by atoms with E-state index < -0.39 is 0 Å². The number of aromatic hydroxyl groups is 1. The van der Waals surface area contributed by atoms with Crippen molar-refractivity contribution in [2.45, 2.75) is 19.3 Å². The number of hydrogen-bond donors (Lipinski definition) is 1. The van der Waals surface area contributed by atoms with E-state index >= 15 is 0 Å². The molecule has 1 aliphatic carbocycles. The van der Waals surface area contributed by atoms with Gasteiger partial charge in [-0.3, -0.25) is 0 Å². The van der Waals surface area contributed by atoms with Crippen molar-refractivity contribution in [1.82, 2.24) is 4.98 Å². The fourth-order valence-corrected chi connectivity index (χ4v) is 2.16. The van der Waals surface area contributed by atoms with E-state index in [1.54, 1.807) is 6.07 Å². The summed E-state index contributed by atoms with van der Waals surface area (Å²) in [5, 5.41) is 11.4. The molecule has 0 amide bonds. The minimum Gasteiger partial charge on any atom is -0.506 e. The lowest BCUT2D eigenvalue weighted by molar-refractivity contribution is 0.463. The van der Waals surface area contributed by atoms with Crippen LogP contribution in [0.1, 0.15) is 18.5 Å². The SMILES string of the molecule is Oc1cc2cccc(Cl)c2nc1CC1CC1. The molecule has 16 heavy (non-hydrogen) atoms. The molecule has 0 spiro atoms. The average Bonchev–Trinajstić information content (AvgIpc) is 3.04. The van der Waals surface area contributed by atoms with Crippen molar-refractivity contribution < 1.29 is 5.11 Å². The molecule has 1 fully saturated rings. The molecule has 1 aliphatic rings. The van der Waals surface area contributed by atoms with Crippen LogP contribution in [0, 0.1) is 5.92 Å². The van der Waals surface area contributed by atoms with Crippen LogP contribution in [0.4, 0.5) is 0 Å². The van der Waals surface area contributed by atoms with Gasteiger partial charge in [0.25, 0.3) is 0 Å². The van der Waals surface area contributed by atoms with Gasteiger partial charge in [-0.1, -0.05) is 23.7 Å². The van der Waals surface area contributed by atoms with Gasteiger partial charge in [0, 0.05) is 5.39 Å².